The number of ether oxygens (including phenoxy) is 2. The molecule has 0 bridgehead atoms. The Hall–Kier alpha value is -2.47. The van der Waals surface area contributed by atoms with Crippen LogP contribution in [0.1, 0.15) is 39.0 Å². The summed E-state index contributed by atoms with van der Waals surface area (Å²) in [5.41, 5.74) is 1.95. The fourth-order valence-electron chi connectivity index (χ4n) is 2.44. The Bertz CT molecular complexity index is 753. The van der Waals surface area contributed by atoms with Gasteiger partial charge in [-0.2, -0.15) is 0 Å². The Balaban J connectivity index is 1.91. The molecule has 25 heavy (non-hydrogen) atoms. The lowest BCUT2D eigenvalue weighted by Gasteiger charge is -2.08. The Morgan fingerprint density at radius 3 is 2.52 bits per heavy atom. The van der Waals surface area contributed by atoms with Gasteiger partial charge >= 0.3 is 5.97 Å². The number of H-pyrrole nitrogens is 1. The molecule has 7 heteroatoms. The predicted octanol–water partition coefficient (Wildman–Crippen LogP) is 3.27. The van der Waals surface area contributed by atoms with Gasteiger partial charge in [-0.3, -0.25) is 4.79 Å². The first kappa shape index (κ1) is 18.9. The lowest BCUT2D eigenvalue weighted by molar-refractivity contribution is 0.0525. The van der Waals surface area contributed by atoms with E-state index < -0.39 is 5.97 Å². The number of benzene rings is 1. The summed E-state index contributed by atoms with van der Waals surface area (Å²) in [6.45, 7) is 6.12. The van der Waals surface area contributed by atoms with Crippen molar-refractivity contribution in [1.82, 2.24) is 10.3 Å². The first-order valence-corrected chi connectivity index (χ1v) is 8.34. The molecule has 2 rings (SSSR count). The van der Waals surface area contributed by atoms with Crippen LogP contribution in [-0.2, 0) is 4.74 Å². The molecule has 1 aromatic carbocycles. The van der Waals surface area contributed by atoms with E-state index in [9.17, 15) is 9.59 Å². The average Bonchev–Trinajstić information content (AvgIpc) is 2.88. The van der Waals surface area contributed by atoms with Gasteiger partial charge in [0.1, 0.15) is 18.1 Å². The largest absolute Gasteiger partial charge is 0.492 e. The van der Waals surface area contributed by atoms with Crippen LogP contribution < -0.4 is 10.1 Å². The molecular weight excluding hydrogens is 344 g/mol. The molecule has 6 nitrogen and oxygen atoms in total. The van der Waals surface area contributed by atoms with E-state index >= 15 is 0 Å². The highest BCUT2D eigenvalue weighted by Gasteiger charge is 2.22. The highest BCUT2D eigenvalue weighted by Crippen LogP contribution is 2.19. The number of hydrogen-bond donors (Lipinski definition) is 2. The van der Waals surface area contributed by atoms with Crippen molar-refractivity contribution in [3.05, 3.63) is 51.8 Å². The zero-order valence-electron chi connectivity index (χ0n) is 14.4. The minimum absolute atomic E-state index is 0.284. The molecule has 0 aliphatic carbocycles. The maximum absolute atomic E-state index is 12.3. The van der Waals surface area contributed by atoms with E-state index in [4.69, 9.17) is 21.1 Å². The van der Waals surface area contributed by atoms with Crippen LogP contribution in [0.25, 0.3) is 0 Å². The Morgan fingerprint density at radius 1 is 1.20 bits per heavy atom. The Labute approximate surface area is 151 Å². The van der Waals surface area contributed by atoms with Crippen molar-refractivity contribution in [3.8, 4) is 5.75 Å². The van der Waals surface area contributed by atoms with Gasteiger partial charge in [0.15, 0.2) is 0 Å². The molecule has 0 saturated carbocycles. The van der Waals surface area contributed by atoms with Gasteiger partial charge in [-0.25, -0.2) is 4.79 Å². The zero-order valence-corrected chi connectivity index (χ0v) is 15.2. The molecule has 0 saturated heterocycles. The maximum atomic E-state index is 12.3. The van der Waals surface area contributed by atoms with Crippen LogP contribution in [0.5, 0.6) is 5.75 Å². The topological polar surface area (TPSA) is 80.4 Å². The number of aromatic nitrogens is 1. The van der Waals surface area contributed by atoms with Crippen molar-refractivity contribution in [2.24, 2.45) is 0 Å². The van der Waals surface area contributed by atoms with Gasteiger partial charge in [0.05, 0.1) is 18.7 Å². The normalized spacial score (nSPS) is 10.4. The van der Waals surface area contributed by atoms with E-state index in [1.54, 1.807) is 45.0 Å². The number of nitrogens with one attached hydrogen (secondary N) is 2. The Morgan fingerprint density at radius 2 is 1.88 bits per heavy atom. The van der Waals surface area contributed by atoms with Gasteiger partial charge in [0.2, 0.25) is 0 Å². The number of carbonyl (C=O) groups is 2. The molecule has 0 unspecified atom stereocenters. The molecule has 0 fully saturated rings. The number of rotatable bonds is 7. The van der Waals surface area contributed by atoms with Gasteiger partial charge < -0.3 is 19.8 Å². The first-order valence-electron chi connectivity index (χ1n) is 7.96. The molecular formula is C18H21ClN2O4. The molecule has 0 atom stereocenters. The molecule has 0 aliphatic rings. The zero-order chi connectivity index (χ0) is 18.4. The molecule has 2 N–H and O–H groups in total. The molecule has 134 valence electrons. The summed E-state index contributed by atoms with van der Waals surface area (Å²) in [7, 11) is 0. The second-order valence-electron chi connectivity index (χ2n) is 5.40. The number of carbonyl (C=O) groups excluding carboxylic acids is 2. The monoisotopic (exact) mass is 364 g/mol. The van der Waals surface area contributed by atoms with Crippen LogP contribution in [0.2, 0.25) is 5.02 Å². The van der Waals surface area contributed by atoms with Crippen LogP contribution in [0.15, 0.2) is 24.3 Å². The average molecular weight is 365 g/mol. The van der Waals surface area contributed by atoms with E-state index in [0.717, 1.165) is 0 Å². The summed E-state index contributed by atoms with van der Waals surface area (Å²) in [5.74, 6) is -0.0510. The number of aryl methyl sites for hydroxylation is 1. The van der Waals surface area contributed by atoms with Gasteiger partial charge in [-0.1, -0.05) is 11.6 Å². The van der Waals surface area contributed by atoms with Crippen LogP contribution in [0, 0.1) is 13.8 Å². The number of amides is 1. The van der Waals surface area contributed by atoms with Crippen LogP contribution in [0.3, 0.4) is 0 Å². The van der Waals surface area contributed by atoms with Gasteiger partial charge in [-0.05, 0) is 50.6 Å². The van der Waals surface area contributed by atoms with Crippen molar-refractivity contribution < 1.29 is 19.1 Å². The SMILES string of the molecule is CCOC(=O)c1c(C)[nH]c(C(=O)NCCOc2ccc(Cl)cc2)c1C. The van der Waals surface area contributed by atoms with E-state index in [0.29, 0.717) is 46.4 Å². The van der Waals surface area contributed by atoms with E-state index in [-0.39, 0.29) is 12.5 Å². The summed E-state index contributed by atoms with van der Waals surface area (Å²) in [6, 6.07) is 6.98. The van der Waals surface area contributed by atoms with Crippen molar-refractivity contribution in [2.45, 2.75) is 20.8 Å². The van der Waals surface area contributed by atoms with Gasteiger partial charge in [0.25, 0.3) is 5.91 Å². The van der Waals surface area contributed by atoms with Crippen molar-refractivity contribution in [3.63, 3.8) is 0 Å². The third-order valence-electron chi connectivity index (χ3n) is 3.61. The molecule has 1 amide bonds. The maximum Gasteiger partial charge on any atom is 0.340 e. The second kappa shape index (κ2) is 8.58. The fourth-order valence-corrected chi connectivity index (χ4v) is 2.57. The highest BCUT2D eigenvalue weighted by atomic mass is 35.5. The summed E-state index contributed by atoms with van der Waals surface area (Å²) < 4.78 is 10.5. The predicted molar refractivity (Wildman–Crippen MR) is 95.5 cm³/mol. The van der Waals surface area contributed by atoms with Crippen molar-refractivity contribution >= 4 is 23.5 Å². The van der Waals surface area contributed by atoms with Crippen LogP contribution in [0.4, 0.5) is 0 Å². The van der Waals surface area contributed by atoms with Crippen molar-refractivity contribution in [2.75, 3.05) is 19.8 Å². The molecule has 2 aromatic rings. The molecule has 0 aliphatic heterocycles. The minimum Gasteiger partial charge on any atom is -0.492 e. The highest BCUT2D eigenvalue weighted by molar-refractivity contribution is 6.30. The second-order valence-corrected chi connectivity index (χ2v) is 5.84. The smallest absolute Gasteiger partial charge is 0.340 e. The van der Waals surface area contributed by atoms with Gasteiger partial charge in [-0.15, -0.1) is 0 Å². The van der Waals surface area contributed by atoms with Crippen LogP contribution in [-0.4, -0.2) is 36.6 Å². The molecule has 1 aromatic heterocycles. The van der Waals surface area contributed by atoms with E-state index in [1.165, 1.54) is 0 Å². The number of aromatic amines is 1. The van der Waals surface area contributed by atoms with E-state index in [2.05, 4.69) is 10.3 Å². The number of halogens is 1. The van der Waals surface area contributed by atoms with Crippen LogP contribution >= 0.6 is 11.6 Å². The summed E-state index contributed by atoms with van der Waals surface area (Å²) in [6.07, 6.45) is 0. The molecule has 0 spiro atoms. The Kier molecular flexibility index (Phi) is 6.47. The van der Waals surface area contributed by atoms with Crippen molar-refractivity contribution in [1.29, 1.82) is 0 Å². The minimum atomic E-state index is -0.432. The summed E-state index contributed by atoms with van der Waals surface area (Å²) in [5, 5.41) is 3.39. The summed E-state index contributed by atoms with van der Waals surface area (Å²) in [4.78, 5) is 27.2. The molecule has 0 radical (unpaired) electrons. The third-order valence-corrected chi connectivity index (χ3v) is 3.87. The third kappa shape index (κ3) is 4.76. The lowest BCUT2D eigenvalue weighted by Crippen LogP contribution is -2.29. The number of hydrogen-bond acceptors (Lipinski definition) is 4. The number of esters is 1. The van der Waals surface area contributed by atoms with E-state index in [1.807, 2.05) is 0 Å². The fraction of sp³-hybridized carbons (Fsp3) is 0.333. The summed E-state index contributed by atoms with van der Waals surface area (Å²) >= 11 is 5.80. The first-order chi connectivity index (χ1) is 11.9. The van der Waals surface area contributed by atoms with Gasteiger partial charge in [0, 0.05) is 10.7 Å². The standard InChI is InChI=1S/C18H21ClN2O4/c1-4-24-18(23)15-11(2)16(21-12(15)3)17(22)20-9-10-25-14-7-5-13(19)6-8-14/h5-8,21H,4,9-10H2,1-3H3,(H,20,22). The molecule has 1 heterocycles. The quantitative estimate of drug-likeness (QED) is 0.583. The lowest BCUT2D eigenvalue weighted by atomic mass is 10.1.